The predicted octanol–water partition coefficient (Wildman–Crippen LogP) is 4.80. The van der Waals surface area contributed by atoms with E-state index in [1.165, 1.54) is 4.90 Å². The lowest BCUT2D eigenvalue weighted by Crippen LogP contribution is -2.36. The molecule has 1 aliphatic rings. The van der Waals surface area contributed by atoms with Gasteiger partial charge in [0.05, 0.1) is 13.2 Å². The average molecular weight is 381 g/mol. The molecule has 1 heterocycles. The van der Waals surface area contributed by atoms with E-state index in [2.05, 4.69) is 43.5 Å². The molecular formula is C20H32N2O3S. The van der Waals surface area contributed by atoms with Gasteiger partial charge in [-0.05, 0) is 49.9 Å². The smallest absolute Gasteiger partial charge is 0.319 e. The Balaban J connectivity index is 1.80. The summed E-state index contributed by atoms with van der Waals surface area (Å²) in [6, 6.07) is 5.99. The number of carbonyl (C=O) groups excluding carboxylic acids is 1. The summed E-state index contributed by atoms with van der Waals surface area (Å²) < 4.78 is 11.2. The number of ether oxygens (including phenoxy) is 2. The summed E-state index contributed by atoms with van der Waals surface area (Å²) in [5.74, 6) is -0.253. The number of hydrogen-bond donors (Lipinski definition) is 2. The van der Waals surface area contributed by atoms with Crippen LogP contribution in [-0.2, 0) is 9.47 Å². The van der Waals surface area contributed by atoms with Gasteiger partial charge < -0.3 is 20.1 Å². The maximum atomic E-state index is 12.2. The summed E-state index contributed by atoms with van der Waals surface area (Å²) in [5.41, 5.74) is 1.92. The molecule has 0 radical (unpaired) electrons. The Bertz CT molecular complexity index is 603. The zero-order valence-corrected chi connectivity index (χ0v) is 17.4. The topological polar surface area (TPSA) is 59.6 Å². The highest BCUT2D eigenvalue weighted by atomic mass is 32.2. The lowest BCUT2D eigenvalue weighted by atomic mass is 10.0. The van der Waals surface area contributed by atoms with Gasteiger partial charge in [0.1, 0.15) is 0 Å². The lowest BCUT2D eigenvalue weighted by molar-refractivity contribution is -0.153. The number of nitrogens with one attached hydrogen (secondary N) is 2. The van der Waals surface area contributed by atoms with Crippen LogP contribution < -0.4 is 10.6 Å². The first kappa shape index (κ1) is 21.1. The van der Waals surface area contributed by atoms with Gasteiger partial charge >= 0.3 is 6.03 Å². The molecule has 6 heteroatoms. The van der Waals surface area contributed by atoms with Crippen LogP contribution in [0.25, 0.3) is 0 Å². The molecule has 0 aliphatic carbocycles. The van der Waals surface area contributed by atoms with E-state index in [0.29, 0.717) is 25.0 Å². The van der Waals surface area contributed by atoms with Crippen molar-refractivity contribution in [2.45, 2.75) is 63.4 Å². The van der Waals surface area contributed by atoms with E-state index in [1.807, 2.05) is 31.7 Å². The van der Waals surface area contributed by atoms with Gasteiger partial charge in [0.15, 0.2) is 5.79 Å². The average Bonchev–Trinajstić information content (AvgIpc) is 3.01. The van der Waals surface area contributed by atoms with E-state index in [4.69, 9.17) is 9.47 Å². The summed E-state index contributed by atoms with van der Waals surface area (Å²) in [5, 5.41) is 6.47. The Morgan fingerprint density at radius 3 is 2.62 bits per heavy atom. The molecule has 1 aliphatic heterocycles. The zero-order chi connectivity index (χ0) is 19.2. The van der Waals surface area contributed by atoms with Crippen LogP contribution in [0.2, 0.25) is 0 Å². The Labute approximate surface area is 161 Å². The number of urea groups is 1. The first-order valence-corrected chi connectivity index (χ1v) is 10.3. The van der Waals surface area contributed by atoms with Gasteiger partial charge in [-0.2, -0.15) is 0 Å². The van der Waals surface area contributed by atoms with Crippen LogP contribution in [0.5, 0.6) is 0 Å². The maximum absolute atomic E-state index is 12.2. The van der Waals surface area contributed by atoms with E-state index < -0.39 is 5.79 Å². The number of carbonyl (C=O) groups is 1. The van der Waals surface area contributed by atoms with Crippen LogP contribution in [0, 0.1) is 12.8 Å². The SMILES string of the molecule is CC[C@H](C)Sc1ccc(NC(=O)NC[C@H](C)CC2(C)OCCO2)c(C)c1. The standard InChI is InChI=1S/C20H32N2O3S/c1-6-16(4)26-17-7-8-18(15(3)11-17)22-19(23)21-13-14(2)12-20(5)24-9-10-25-20/h7-8,11,14,16H,6,9-10,12-13H2,1-5H3,(H2,21,22,23)/t14-,16+/m1/s1. The molecule has 0 bridgehead atoms. The Morgan fingerprint density at radius 1 is 1.31 bits per heavy atom. The van der Waals surface area contributed by atoms with Crippen molar-refractivity contribution in [1.29, 1.82) is 0 Å². The summed E-state index contributed by atoms with van der Waals surface area (Å²) in [6.45, 7) is 12.3. The summed E-state index contributed by atoms with van der Waals surface area (Å²) >= 11 is 1.86. The monoisotopic (exact) mass is 380 g/mol. The first-order valence-electron chi connectivity index (χ1n) is 9.41. The number of benzene rings is 1. The van der Waals surface area contributed by atoms with Gasteiger partial charge in [-0.15, -0.1) is 11.8 Å². The van der Waals surface area contributed by atoms with E-state index in [1.54, 1.807) is 0 Å². The van der Waals surface area contributed by atoms with Gasteiger partial charge in [-0.1, -0.05) is 20.8 Å². The number of amides is 2. The largest absolute Gasteiger partial charge is 0.348 e. The summed E-state index contributed by atoms with van der Waals surface area (Å²) in [6.07, 6.45) is 1.90. The third-order valence-corrected chi connectivity index (χ3v) is 5.85. The summed E-state index contributed by atoms with van der Waals surface area (Å²) in [4.78, 5) is 13.4. The molecule has 146 valence electrons. The van der Waals surface area contributed by atoms with Gasteiger partial charge in [-0.3, -0.25) is 0 Å². The molecule has 2 atom stereocenters. The molecule has 1 aromatic rings. The van der Waals surface area contributed by atoms with Crippen LogP contribution in [0.3, 0.4) is 0 Å². The minimum Gasteiger partial charge on any atom is -0.348 e. The molecule has 0 spiro atoms. The maximum Gasteiger partial charge on any atom is 0.319 e. The fourth-order valence-electron chi connectivity index (χ4n) is 2.98. The van der Waals surface area contributed by atoms with Crippen molar-refractivity contribution in [1.82, 2.24) is 5.32 Å². The molecular weight excluding hydrogens is 348 g/mol. The molecule has 1 fully saturated rings. The van der Waals surface area contributed by atoms with Crippen LogP contribution in [0.1, 0.15) is 46.1 Å². The van der Waals surface area contributed by atoms with Gasteiger partial charge in [0, 0.05) is 28.8 Å². The molecule has 2 rings (SSSR count). The quantitative estimate of drug-likeness (QED) is 0.636. The van der Waals surface area contributed by atoms with E-state index in [-0.39, 0.29) is 11.9 Å². The van der Waals surface area contributed by atoms with E-state index in [0.717, 1.165) is 24.1 Å². The fourth-order valence-corrected chi connectivity index (χ4v) is 4.00. The normalized spacial score (nSPS) is 18.3. The summed E-state index contributed by atoms with van der Waals surface area (Å²) in [7, 11) is 0. The van der Waals surface area contributed by atoms with Crippen LogP contribution >= 0.6 is 11.8 Å². The molecule has 2 N–H and O–H groups in total. The Morgan fingerprint density at radius 2 is 2.00 bits per heavy atom. The van der Waals surface area contributed by atoms with Crippen molar-refractivity contribution in [2.75, 3.05) is 25.1 Å². The molecule has 2 amide bonds. The van der Waals surface area contributed by atoms with Crippen LogP contribution in [0.4, 0.5) is 10.5 Å². The van der Waals surface area contributed by atoms with Crippen molar-refractivity contribution in [2.24, 2.45) is 5.92 Å². The molecule has 5 nitrogen and oxygen atoms in total. The number of anilines is 1. The molecule has 1 saturated heterocycles. The number of aryl methyl sites for hydroxylation is 1. The molecule has 26 heavy (non-hydrogen) atoms. The van der Waals surface area contributed by atoms with Crippen LogP contribution in [-0.4, -0.2) is 36.8 Å². The first-order chi connectivity index (χ1) is 12.3. The second-order valence-corrected chi connectivity index (χ2v) is 8.80. The predicted molar refractivity (Wildman–Crippen MR) is 108 cm³/mol. The third kappa shape index (κ3) is 6.49. The van der Waals surface area contributed by atoms with Crippen molar-refractivity contribution in [3.8, 4) is 0 Å². The second kappa shape index (κ2) is 9.62. The molecule has 0 unspecified atom stereocenters. The minimum absolute atomic E-state index is 0.180. The lowest BCUT2D eigenvalue weighted by Gasteiger charge is -2.26. The second-order valence-electron chi connectivity index (χ2n) is 7.29. The third-order valence-electron chi connectivity index (χ3n) is 4.59. The van der Waals surface area contributed by atoms with Gasteiger partial charge in [0.2, 0.25) is 0 Å². The highest BCUT2D eigenvalue weighted by molar-refractivity contribution is 7.99. The minimum atomic E-state index is -0.517. The molecule has 0 saturated carbocycles. The van der Waals surface area contributed by atoms with Gasteiger partial charge in [0.25, 0.3) is 0 Å². The van der Waals surface area contributed by atoms with Crippen LogP contribution in [0.15, 0.2) is 23.1 Å². The molecule has 0 aromatic heterocycles. The Kier molecular flexibility index (Phi) is 7.80. The number of rotatable bonds is 8. The van der Waals surface area contributed by atoms with E-state index >= 15 is 0 Å². The number of thioether (sulfide) groups is 1. The van der Waals surface area contributed by atoms with E-state index in [9.17, 15) is 4.79 Å². The van der Waals surface area contributed by atoms with Gasteiger partial charge in [-0.25, -0.2) is 4.79 Å². The zero-order valence-electron chi connectivity index (χ0n) is 16.6. The highest BCUT2D eigenvalue weighted by Crippen LogP contribution is 2.29. The van der Waals surface area contributed by atoms with Crippen molar-refractivity contribution in [3.05, 3.63) is 23.8 Å². The number of hydrogen-bond acceptors (Lipinski definition) is 4. The molecule has 1 aromatic carbocycles. The highest BCUT2D eigenvalue weighted by Gasteiger charge is 2.32. The van der Waals surface area contributed by atoms with Crippen molar-refractivity contribution in [3.63, 3.8) is 0 Å². The van der Waals surface area contributed by atoms with Crippen molar-refractivity contribution >= 4 is 23.5 Å². The Hall–Kier alpha value is -1.24. The fraction of sp³-hybridized carbons (Fsp3) is 0.650. The van der Waals surface area contributed by atoms with Crippen molar-refractivity contribution < 1.29 is 14.3 Å².